The zero-order valence-electron chi connectivity index (χ0n) is 24.6. The third kappa shape index (κ3) is 9.30. The summed E-state index contributed by atoms with van der Waals surface area (Å²) in [5.74, 6) is 0.549. The third-order valence-corrected chi connectivity index (χ3v) is 7.22. The molecule has 3 rings (SSSR count). The van der Waals surface area contributed by atoms with E-state index in [-0.39, 0.29) is 24.5 Å². The lowest BCUT2D eigenvalue weighted by Gasteiger charge is -2.38. The number of nitrogens with zero attached hydrogens (tertiary/aromatic N) is 4. The van der Waals surface area contributed by atoms with Crippen molar-refractivity contribution in [1.29, 1.82) is 0 Å². The molecule has 1 aromatic rings. The van der Waals surface area contributed by atoms with E-state index in [9.17, 15) is 14.4 Å². The lowest BCUT2D eigenvalue weighted by atomic mass is 9.94. The van der Waals surface area contributed by atoms with Gasteiger partial charge >= 0.3 is 12.0 Å². The number of urea groups is 1. The minimum Gasteiger partial charge on any atom is -0.494 e. The van der Waals surface area contributed by atoms with Crippen LogP contribution in [0.2, 0.25) is 0 Å². The van der Waals surface area contributed by atoms with Crippen molar-refractivity contribution in [2.24, 2.45) is 0 Å². The number of nitrogens with one attached hydrogen (secondary N) is 1. The molecule has 1 aliphatic carbocycles. The summed E-state index contributed by atoms with van der Waals surface area (Å²) < 4.78 is 11.5. The maximum atomic E-state index is 12.6. The molecule has 0 spiro atoms. The second-order valence-corrected chi connectivity index (χ2v) is 11.6. The molecule has 39 heavy (non-hydrogen) atoms. The van der Waals surface area contributed by atoms with Gasteiger partial charge in [0.15, 0.2) is 0 Å². The number of amides is 3. The van der Waals surface area contributed by atoms with Gasteiger partial charge in [-0.3, -0.25) is 19.5 Å². The van der Waals surface area contributed by atoms with Crippen LogP contribution in [-0.4, -0.2) is 84.7 Å². The van der Waals surface area contributed by atoms with Crippen LogP contribution in [0.4, 0.5) is 10.5 Å². The van der Waals surface area contributed by atoms with Crippen LogP contribution in [0.3, 0.4) is 0 Å². The molecule has 1 fully saturated rings. The van der Waals surface area contributed by atoms with E-state index in [0.717, 1.165) is 24.1 Å². The zero-order chi connectivity index (χ0) is 28.6. The van der Waals surface area contributed by atoms with Crippen LogP contribution in [0, 0.1) is 0 Å². The Labute approximate surface area is 233 Å². The number of fused-ring (bicyclic) bond motifs is 1. The number of esters is 1. The van der Waals surface area contributed by atoms with Crippen LogP contribution in [-0.2, 0) is 20.9 Å². The number of carbonyl (C=O) groups excluding carboxylic acids is 3. The molecule has 1 heterocycles. The number of rotatable bonds is 10. The number of hydrogen-bond donors (Lipinski definition) is 1. The van der Waals surface area contributed by atoms with Gasteiger partial charge in [0.2, 0.25) is 5.91 Å². The number of ether oxygens (including phenoxy) is 2. The van der Waals surface area contributed by atoms with Crippen molar-refractivity contribution < 1.29 is 23.9 Å². The fraction of sp³-hybridized carbons (Fsp3) is 0.690. The van der Waals surface area contributed by atoms with Crippen LogP contribution < -0.4 is 15.2 Å². The first-order valence-electron chi connectivity index (χ1n) is 14.2. The van der Waals surface area contributed by atoms with Crippen molar-refractivity contribution in [3.63, 3.8) is 0 Å². The maximum absolute atomic E-state index is 12.6. The van der Waals surface area contributed by atoms with Crippen molar-refractivity contribution >= 4 is 23.6 Å². The van der Waals surface area contributed by atoms with E-state index in [2.05, 4.69) is 5.43 Å². The van der Waals surface area contributed by atoms with Gasteiger partial charge in [-0.05, 0) is 70.7 Å². The highest BCUT2D eigenvalue weighted by molar-refractivity contribution is 5.77. The van der Waals surface area contributed by atoms with Crippen molar-refractivity contribution in [2.75, 3.05) is 45.5 Å². The normalized spacial score (nSPS) is 16.3. The van der Waals surface area contributed by atoms with Crippen molar-refractivity contribution in [3.8, 4) is 5.75 Å². The Hall–Kier alpha value is -3.01. The van der Waals surface area contributed by atoms with Gasteiger partial charge in [0.25, 0.3) is 0 Å². The first-order chi connectivity index (χ1) is 18.5. The van der Waals surface area contributed by atoms with Crippen LogP contribution in [0.1, 0.15) is 78.2 Å². The highest BCUT2D eigenvalue weighted by Gasteiger charge is 2.28. The summed E-state index contributed by atoms with van der Waals surface area (Å²) in [5, 5.41) is 1.75. The van der Waals surface area contributed by atoms with Crippen LogP contribution in [0.15, 0.2) is 18.2 Å². The molecule has 0 radical (unpaired) electrons. The molecule has 3 amide bonds. The fourth-order valence-corrected chi connectivity index (χ4v) is 4.97. The maximum Gasteiger partial charge on any atom is 0.335 e. The van der Waals surface area contributed by atoms with Gasteiger partial charge in [0.1, 0.15) is 11.4 Å². The number of hydrogen-bond acceptors (Lipinski definition) is 7. The second-order valence-electron chi connectivity index (χ2n) is 11.6. The van der Waals surface area contributed by atoms with E-state index >= 15 is 0 Å². The molecule has 0 saturated heterocycles. The second kappa shape index (κ2) is 13.9. The number of benzene rings is 1. The monoisotopic (exact) mass is 545 g/mol. The molecule has 0 aromatic heterocycles. The molecule has 1 saturated carbocycles. The number of carbonyl (C=O) groups is 3. The Bertz CT molecular complexity index is 989. The van der Waals surface area contributed by atoms with Gasteiger partial charge in [-0.2, -0.15) is 0 Å². The first kappa shape index (κ1) is 30.5. The standard InChI is InChI=1S/C29H47N5O5/c1-7-31(5)28(37)30-34-21-33(20-27(36)39-29(2,3)4)19-22-18-24(15-16-25(22)34)38-17-11-14-26(35)32(6)23-12-9-8-10-13-23/h15-16,18,23H,7-14,17,19-21H2,1-6H3,(H,30,37). The van der Waals surface area contributed by atoms with Gasteiger partial charge in [-0.25, -0.2) is 10.2 Å². The Morgan fingerprint density at radius 2 is 1.82 bits per heavy atom. The molecule has 1 aromatic carbocycles. The van der Waals surface area contributed by atoms with Crippen LogP contribution in [0.5, 0.6) is 5.75 Å². The minimum absolute atomic E-state index is 0.0917. The average Bonchev–Trinajstić information content (AvgIpc) is 2.89. The van der Waals surface area contributed by atoms with E-state index in [1.807, 2.05) is 62.7 Å². The lowest BCUT2D eigenvalue weighted by molar-refractivity contribution is -0.156. The Kier molecular flexibility index (Phi) is 10.9. The minimum atomic E-state index is -0.573. The SMILES string of the molecule is CCN(C)C(=O)NN1CN(CC(=O)OC(C)(C)C)Cc2cc(OCCCC(=O)N(C)C3CCCCC3)ccc21. The lowest BCUT2D eigenvalue weighted by Crippen LogP contribution is -2.55. The van der Waals surface area contributed by atoms with Crippen molar-refractivity contribution in [1.82, 2.24) is 20.1 Å². The molecule has 10 nitrogen and oxygen atoms in total. The number of anilines is 1. The molecular formula is C29H47N5O5. The zero-order valence-corrected chi connectivity index (χ0v) is 24.6. The van der Waals surface area contributed by atoms with E-state index in [0.29, 0.717) is 51.0 Å². The molecular weight excluding hydrogens is 498 g/mol. The molecule has 0 unspecified atom stereocenters. The fourth-order valence-electron chi connectivity index (χ4n) is 4.97. The van der Waals surface area contributed by atoms with Crippen LogP contribution >= 0.6 is 0 Å². The predicted molar refractivity (Wildman–Crippen MR) is 151 cm³/mol. The Morgan fingerprint density at radius 3 is 2.49 bits per heavy atom. The van der Waals surface area contributed by atoms with E-state index in [1.165, 1.54) is 19.3 Å². The van der Waals surface area contributed by atoms with Crippen LogP contribution in [0.25, 0.3) is 0 Å². The van der Waals surface area contributed by atoms with E-state index < -0.39 is 5.60 Å². The van der Waals surface area contributed by atoms with E-state index in [1.54, 1.807) is 17.0 Å². The van der Waals surface area contributed by atoms with Gasteiger partial charge < -0.3 is 19.3 Å². The smallest absolute Gasteiger partial charge is 0.335 e. The molecule has 0 atom stereocenters. The average molecular weight is 546 g/mol. The Morgan fingerprint density at radius 1 is 1.10 bits per heavy atom. The third-order valence-electron chi connectivity index (χ3n) is 7.22. The molecule has 218 valence electrons. The molecule has 10 heteroatoms. The van der Waals surface area contributed by atoms with Crippen molar-refractivity contribution in [3.05, 3.63) is 23.8 Å². The van der Waals surface area contributed by atoms with Gasteiger partial charge in [-0.15, -0.1) is 0 Å². The summed E-state index contributed by atoms with van der Waals surface area (Å²) in [6.45, 7) is 9.38. The largest absolute Gasteiger partial charge is 0.494 e. The van der Waals surface area contributed by atoms with Gasteiger partial charge in [0.05, 0.1) is 25.5 Å². The highest BCUT2D eigenvalue weighted by atomic mass is 16.6. The topological polar surface area (TPSA) is 94.7 Å². The Balaban J connectivity index is 1.61. The first-order valence-corrected chi connectivity index (χ1v) is 14.2. The summed E-state index contributed by atoms with van der Waals surface area (Å²) in [6.07, 6.45) is 6.99. The molecule has 1 N–H and O–H groups in total. The summed E-state index contributed by atoms with van der Waals surface area (Å²) >= 11 is 0. The summed E-state index contributed by atoms with van der Waals surface area (Å²) in [6, 6.07) is 5.88. The van der Waals surface area contributed by atoms with Gasteiger partial charge in [-0.1, -0.05) is 19.3 Å². The van der Waals surface area contributed by atoms with Crippen molar-refractivity contribution in [2.45, 2.75) is 90.8 Å². The summed E-state index contributed by atoms with van der Waals surface area (Å²) in [7, 11) is 3.65. The summed E-state index contributed by atoms with van der Waals surface area (Å²) in [4.78, 5) is 43.2. The molecule has 2 aliphatic rings. The summed E-state index contributed by atoms with van der Waals surface area (Å²) in [5.41, 5.74) is 4.15. The van der Waals surface area contributed by atoms with E-state index in [4.69, 9.17) is 9.47 Å². The quantitative estimate of drug-likeness (QED) is 0.349. The number of hydrazine groups is 1. The molecule has 1 aliphatic heterocycles. The highest BCUT2D eigenvalue weighted by Crippen LogP contribution is 2.30. The van der Waals surface area contributed by atoms with Gasteiger partial charge in [0, 0.05) is 39.6 Å². The predicted octanol–water partition coefficient (Wildman–Crippen LogP) is 4.13. The molecule has 0 bridgehead atoms.